The number of nitro benzene ring substituents is 1. The van der Waals surface area contributed by atoms with Crippen LogP contribution in [-0.4, -0.2) is 41.1 Å². The number of nitrogen functional groups attached to an aromatic ring is 1. The zero-order chi connectivity index (χ0) is 32.8. The number of fused-ring (bicyclic) bond motifs is 2. The molecule has 16 nitrogen and oxygen atoms in total. The van der Waals surface area contributed by atoms with E-state index >= 15 is 0 Å². The first-order valence-electron chi connectivity index (χ1n) is 12.2. The van der Waals surface area contributed by atoms with E-state index in [-0.39, 0.29) is 28.1 Å². The average molecular weight is 671 g/mol. The van der Waals surface area contributed by atoms with E-state index in [0.717, 1.165) is 24.3 Å². The zero-order valence-electron chi connectivity index (χ0n) is 22.2. The minimum atomic E-state index is -5.08. The molecule has 5 rings (SSSR count). The summed E-state index contributed by atoms with van der Waals surface area (Å²) in [6.07, 6.45) is 0. The first-order chi connectivity index (χ1) is 21.1. The van der Waals surface area contributed by atoms with Crippen LogP contribution in [0.3, 0.4) is 0 Å². The summed E-state index contributed by atoms with van der Waals surface area (Å²) in [5.41, 5.74) is 5.09. The van der Waals surface area contributed by atoms with Gasteiger partial charge in [-0.25, -0.2) is 0 Å². The number of rotatable bonds is 7. The van der Waals surface area contributed by atoms with Crippen LogP contribution in [-0.2, 0) is 20.2 Å². The van der Waals surface area contributed by atoms with Crippen molar-refractivity contribution in [2.75, 3.05) is 5.73 Å². The summed E-state index contributed by atoms with van der Waals surface area (Å²) in [5.74, 6) is -1.25. The average Bonchev–Trinajstić information content (AvgIpc) is 2.95. The van der Waals surface area contributed by atoms with Crippen LogP contribution in [0.15, 0.2) is 102 Å². The van der Waals surface area contributed by atoms with E-state index < -0.39 is 57.5 Å². The Kier molecular flexibility index (Phi) is 7.89. The molecule has 45 heavy (non-hydrogen) atoms. The van der Waals surface area contributed by atoms with Crippen molar-refractivity contribution in [3.8, 4) is 11.5 Å². The summed E-state index contributed by atoms with van der Waals surface area (Å²) in [4.78, 5) is 8.80. The van der Waals surface area contributed by atoms with Crippen molar-refractivity contribution < 1.29 is 41.1 Å². The van der Waals surface area contributed by atoms with E-state index in [1.54, 1.807) is 18.2 Å². The number of non-ortho nitro benzene ring substituents is 1. The Bertz CT molecular complexity index is 2360. The molecule has 0 fully saturated rings. The summed E-state index contributed by atoms with van der Waals surface area (Å²) in [6.45, 7) is 0. The van der Waals surface area contributed by atoms with Crippen LogP contribution in [0.1, 0.15) is 0 Å². The third-order valence-corrected chi connectivity index (χ3v) is 8.50. The molecule has 5 aromatic carbocycles. The van der Waals surface area contributed by atoms with E-state index in [9.17, 15) is 46.3 Å². The maximum absolute atomic E-state index is 12.0. The Morgan fingerprint density at radius 1 is 0.689 bits per heavy atom. The number of anilines is 1. The maximum Gasteiger partial charge on any atom is 0.296 e. The maximum atomic E-state index is 12.0. The highest BCUT2D eigenvalue weighted by molar-refractivity contribution is 7.87. The molecule has 0 aromatic heterocycles. The first-order valence-corrected chi connectivity index (χ1v) is 15.5. The van der Waals surface area contributed by atoms with Gasteiger partial charge in [0.15, 0.2) is 5.75 Å². The molecule has 0 aliphatic rings. The lowest BCUT2D eigenvalue weighted by Crippen LogP contribution is -2.08. The molecule has 6 N–H and O–H groups in total. The minimum absolute atomic E-state index is 0.0279. The second kappa shape index (κ2) is 11.4. The van der Waals surface area contributed by atoms with Gasteiger partial charge in [0.05, 0.1) is 33.4 Å². The van der Waals surface area contributed by atoms with Crippen molar-refractivity contribution in [2.24, 2.45) is 20.5 Å². The van der Waals surface area contributed by atoms with Crippen LogP contribution in [0.5, 0.6) is 11.5 Å². The molecule has 0 radical (unpaired) electrons. The second-order valence-corrected chi connectivity index (χ2v) is 12.6. The van der Waals surface area contributed by atoms with Gasteiger partial charge in [0.2, 0.25) is 0 Å². The highest BCUT2D eigenvalue weighted by atomic mass is 32.2. The van der Waals surface area contributed by atoms with Crippen LogP contribution < -0.4 is 5.73 Å². The molecule has 0 aliphatic heterocycles. The molecule has 0 spiro atoms. The lowest BCUT2D eigenvalue weighted by molar-refractivity contribution is -0.384. The fraction of sp³-hybridized carbons (Fsp3) is 0. The van der Waals surface area contributed by atoms with Gasteiger partial charge in [0.25, 0.3) is 25.9 Å². The molecule has 0 saturated heterocycles. The van der Waals surface area contributed by atoms with Crippen LogP contribution >= 0.6 is 12.6 Å². The predicted molar refractivity (Wildman–Crippen MR) is 164 cm³/mol. The number of phenolic OH excluding ortho intramolecular Hbond substituents is 2. The number of thiol groups is 1. The number of aromatic hydroxyl groups is 2. The number of hydrogen-bond acceptors (Lipinski definition) is 14. The summed E-state index contributed by atoms with van der Waals surface area (Å²) >= 11 is 4.35. The van der Waals surface area contributed by atoms with E-state index in [4.69, 9.17) is 5.73 Å². The third kappa shape index (κ3) is 6.10. The Hall–Kier alpha value is -5.21. The Morgan fingerprint density at radius 3 is 1.82 bits per heavy atom. The Labute approximate surface area is 258 Å². The molecular weight excluding hydrogens is 653 g/mol. The molecule has 230 valence electrons. The molecule has 0 bridgehead atoms. The number of phenols is 2. The highest BCUT2D eigenvalue weighted by Crippen LogP contribution is 2.44. The van der Waals surface area contributed by atoms with Crippen molar-refractivity contribution in [3.05, 3.63) is 76.8 Å². The van der Waals surface area contributed by atoms with Gasteiger partial charge >= 0.3 is 0 Å². The molecule has 5 aromatic rings. The van der Waals surface area contributed by atoms with Crippen LogP contribution in [0, 0.1) is 10.1 Å². The van der Waals surface area contributed by atoms with Gasteiger partial charge < -0.3 is 15.9 Å². The molecular formula is C26H18N6O10S3. The fourth-order valence-corrected chi connectivity index (χ4v) is 6.01. The summed E-state index contributed by atoms with van der Waals surface area (Å²) in [6, 6.07) is 14.0. The summed E-state index contributed by atoms with van der Waals surface area (Å²) < 4.78 is 66.8. The van der Waals surface area contributed by atoms with Crippen LogP contribution in [0.25, 0.3) is 21.5 Å². The largest absolute Gasteiger partial charge is 0.505 e. The van der Waals surface area contributed by atoms with E-state index in [0.29, 0.717) is 27.4 Å². The molecule has 19 heteroatoms. The molecule has 0 saturated carbocycles. The Morgan fingerprint density at radius 2 is 1.22 bits per heavy atom. The first kappa shape index (κ1) is 31.2. The molecule has 0 aliphatic carbocycles. The second-order valence-electron chi connectivity index (χ2n) is 9.26. The molecule has 0 heterocycles. The van der Waals surface area contributed by atoms with Crippen molar-refractivity contribution >= 4 is 88.5 Å². The molecule has 0 atom stereocenters. The van der Waals surface area contributed by atoms with Gasteiger partial charge in [-0.05, 0) is 42.5 Å². The summed E-state index contributed by atoms with van der Waals surface area (Å²) in [7, 11) is -10.1. The van der Waals surface area contributed by atoms with Crippen molar-refractivity contribution in [1.82, 2.24) is 0 Å². The van der Waals surface area contributed by atoms with Crippen LogP contribution in [0.2, 0.25) is 0 Å². The number of benzene rings is 5. The normalized spacial score (nSPS) is 12.5. The number of hydrogen-bond donors (Lipinski definition) is 6. The SMILES string of the molecule is Nc1c(S(=O)(=O)O)cc(S(=O)(=O)O)c2ccc(N=Nc3ccc(N=Nc4ccc([N+](=O)[O-])cc4O)c4cc(S)ccc34)c(O)c12. The van der Waals surface area contributed by atoms with E-state index in [2.05, 4.69) is 33.1 Å². The van der Waals surface area contributed by atoms with Crippen molar-refractivity contribution in [1.29, 1.82) is 0 Å². The number of azo groups is 2. The lowest BCUT2D eigenvalue weighted by Gasteiger charge is -2.13. The van der Waals surface area contributed by atoms with Crippen molar-refractivity contribution in [3.63, 3.8) is 0 Å². The van der Waals surface area contributed by atoms with Gasteiger partial charge in [-0.1, -0.05) is 12.1 Å². The van der Waals surface area contributed by atoms with Gasteiger partial charge in [-0.3, -0.25) is 19.2 Å². The third-order valence-electron chi connectivity index (χ3n) is 6.43. The van der Waals surface area contributed by atoms with Gasteiger partial charge in [0, 0.05) is 27.1 Å². The smallest absolute Gasteiger partial charge is 0.296 e. The monoisotopic (exact) mass is 670 g/mol. The standard InChI is InChI=1S/C26H18N6O10S3/c27-25-23(45(40,41)42)11-22(44(37,38)39)15-4-6-20(26(34)24(15)25)31-28-17-7-8-18(16-10-13(43)2-3-14(16)17)29-30-19-5-1-12(32(35)36)9-21(19)33/h1-11,33-34,43H,27H2,(H,37,38,39)(H,40,41,42). The highest BCUT2D eigenvalue weighted by Gasteiger charge is 2.26. The summed E-state index contributed by atoms with van der Waals surface area (Å²) in [5, 5.41) is 48.4. The van der Waals surface area contributed by atoms with E-state index in [1.807, 2.05) is 0 Å². The number of nitro groups is 1. The van der Waals surface area contributed by atoms with E-state index in [1.165, 1.54) is 18.2 Å². The van der Waals surface area contributed by atoms with Gasteiger partial charge in [-0.15, -0.1) is 33.1 Å². The van der Waals surface area contributed by atoms with Gasteiger partial charge in [-0.2, -0.15) is 16.8 Å². The number of nitrogens with two attached hydrogens (primary N) is 1. The Balaban J connectivity index is 1.61. The fourth-order valence-electron chi connectivity index (χ4n) is 4.37. The molecule has 0 unspecified atom stereocenters. The van der Waals surface area contributed by atoms with Crippen LogP contribution in [0.4, 0.5) is 34.1 Å². The number of nitrogens with zero attached hydrogens (tertiary/aromatic N) is 5. The van der Waals surface area contributed by atoms with Gasteiger partial charge in [0.1, 0.15) is 26.9 Å². The minimum Gasteiger partial charge on any atom is -0.505 e. The van der Waals surface area contributed by atoms with Crippen molar-refractivity contribution in [2.45, 2.75) is 14.7 Å². The quantitative estimate of drug-likeness (QED) is 0.0271. The predicted octanol–water partition coefficient (Wildman–Crippen LogP) is 6.51. The topological polar surface area (TPSA) is 268 Å². The lowest BCUT2D eigenvalue weighted by atomic mass is 10.1. The molecule has 0 amide bonds. The zero-order valence-corrected chi connectivity index (χ0v) is 24.7.